The van der Waals surface area contributed by atoms with E-state index in [9.17, 15) is 10.2 Å². The first kappa shape index (κ1) is 12.9. The molecular formula is C10H20O5. The van der Waals surface area contributed by atoms with Crippen molar-refractivity contribution in [1.29, 1.82) is 0 Å². The Morgan fingerprint density at radius 1 is 1.27 bits per heavy atom. The Morgan fingerprint density at radius 2 is 1.93 bits per heavy atom. The summed E-state index contributed by atoms with van der Waals surface area (Å²) in [6.45, 7) is 4.17. The number of aliphatic hydroxyl groups is 2. The summed E-state index contributed by atoms with van der Waals surface area (Å²) in [6, 6.07) is 0. The molecule has 5 heteroatoms. The summed E-state index contributed by atoms with van der Waals surface area (Å²) < 4.78 is 15.8. The van der Waals surface area contributed by atoms with E-state index < -0.39 is 30.7 Å². The normalized spacial score (nSPS) is 41.8. The predicted molar refractivity (Wildman–Crippen MR) is 53.4 cm³/mol. The van der Waals surface area contributed by atoms with Gasteiger partial charge in [-0.15, -0.1) is 0 Å². The van der Waals surface area contributed by atoms with Crippen LogP contribution in [0.2, 0.25) is 0 Å². The summed E-state index contributed by atoms with van der Waals surface area (Å²) >= 11 is 0. The number of methoxy groups -OCH3 is 1. The summed E-state index contributed by atoms with van der Waals surface area (Å²) in [5.41, 5.74) is 0. The molecule has 0 radical (unpaired) electrons. The van der Waals surface area contributed by atoms with Crippen LogP contribution in [0.4, 0.5) is 0 Å². The second-order valence-electron chi connectivity index (χ2n) is 3.76. The lowest BCUT2D eigenvalue weighted by Gasteiger charge is -2.40. The second kappa shape index (κ2) is 5.77. The molecule has 1 saturated heterocycles. The molecule has 0 aromatic heterocycles. The highest BCUT2D eigenvalue weighted by Crippen LogP contribution is 2.23. The number of hydrogen-bond donors (Lipinski definition) is 2. The van der Waals surface area contributed by atoms with Gasteiger partial charge in [0, 0.05) is 13.7 Å². The summed E-state index contributed by atoms with van der Waals surface area (Å²) in [5.74, 6) is 0. The van der Waals surface area contributed by atoms with Crippen LogP contribution in [0.25, 0.3) is 0 Å². The van der Waals surface area contributed by atoms with Crippen molar-refractivity contribution in [1.82, 2.24) is 0 Å². The Labute approximate surface area is 89.9 Å². The molecule has 1 aliphatic heterocycles. The highest BCUT2D eigenvalue weighted by atomic mass is 16.7. The Morgan fingerprint density at radius 3 is 2.47 bits per heavy atom. The quantitative estimate of drug-likeness (QED) is 0.692. The van der Waals surface area contributed by atoms with Crippen LogP contribution in [0.3, 0.4) is 0 Å². The van der Waals surface area contributed by atoms with Crippen molar-refractivity contribution < 1.29 is 24.4 Å². The molecule has 2 unspecified atom stereocenters. The fraction of sp³-hybridized carbons (Fsp3) is 1.00. The van der Waals surface area contributed by atoms with E-state index in [1.807, 2.05) is 6.92 Å². The maximum atomic E-state index is 9.80. The van der Waals surface area contributed by atoms with Crippen LogP contribution >= 0.6 is 0 Å². The zero-order valence-corrected chi connectivity index (χ0v) is 9.42. The van der Waals surface area contributed by atoms with Crippen molar-refractivity contribution in [3.05, 3.63) is 0 Å². The maximum Gasteiger partial charge on any atom is 0.186 e. The minimum atomic E-state index is -0.967. The minimum Gasteiger partial charge on any atom is -0.388 e. The summed E-state index contributed by atoms with van der Waals surface area (Å²) in [7, 11) is 1.49. The van der Waals surface area contributed by atoms with Gasteiger partial charge in [0.2, 0.25) is 0 Å². The van der Waals surface area contributed by atoms with Crippen molar-refractivity contribution >= 4 is 0 Å². The van der Waals surface area contributed by atoms with Gasteiger partial charge in [-0.25, -0.2) is 0 Å². The Kier molecular flexibility index (Phi) is 4.95. The van der Waals surface area contributed by atoms with Gasteiger partial charge >= 0.3 is 0 Å². The van der Waals surface area contributed by atoms with Gasteiger partial charge < -0.3 is 24.4 Å². The van der Waals surface area contributed by atoms with Gasteiger partial charge in [0.25, 0.3) is 0 Å². The van der Waals surface area contributed by atoms with Crippen LogP contribution in [0.15, 0.2) is 0 Å². The molecule has 1 heterocycles. The van der Waals surface area contributed by atoms with Crippen LogP contribution in [-0.4, -0.2) is 54.6 Å². The average molecular weight is 220 g/mol. The van der Waals surface area contributed by atoms with Gasteiger partial charge in [0.1, 0.15) is 18.3 Å². The second-order valence-corrected chi connectivity index (χ2v) is 3.76. The van der Waals surface area contributed by atoms with E-state index in [4.69, 9.17) is 14.2 Å². The zero-order valence-electron chi connectivity index (χ0n) is 9.42. The highest BCUT2D eigenvalue weighted by molar-refractivity contribution is 4.88. The highest BCUT2D eigenvalue weighted by Gasteiger charge is 2.43. The van der Waals surface area contributed by atoms with E-state index >= 15 is 0 Å². The molecule has 1 aliphatic rings. The van der Waals surface area contributed by atoms with Gasteiger partial charge in [0.15, 0.2) is 6.29 Å². The smallest absolute Gasteiger partial charge is 0.186 e. The fourth-order valence-electron chi connectivity index (χ4n) is 1.62. The lowest BCUT2D eigenvalue weighted by molar-refractivity contribution is -0.295. The van der Waals surface area contributed by atoms with Crippen molar-refractivity contribution in [2.45, 2.75) is 51.0 Å². The van der Waals surface area contributed by atoms with Gasteiger partial charge in [-0.3, -0.25) is 0 Å². The monoisotopic (exact) mass is 220 g/mol. The number of aliphatic hydroxyl groups excluding tert-OH is 2. The standard InChI is InChI=1S/C10H20O5/c1-4-5-14-9-8(12)7(11)6(2)15-10(9)13-3/h6-12H,4-5H2,1-3H3/t6?,7-,8-,9?,10+/m0/s1. The van der Waals surface area contributed by atoms with E-state index in [2.05, 4.69) is 0 Å². The molecule has 0 aromatic rings. The topological polar surface area (TPSA) is 68.2 Å². The maximum absolute atomic E-state index is 9.80. The third-order valence-corrected chi connectivity index (χ3v) is 2.53. The summed E-state index contributed by atoms with van der Waals surface area (Å²) in [6.07, 6.45) is -2.76. The van der Waals surface area contributed by atoms with E-state index in [1.165, 1.54) is 7.11 Å². The third-order valence-electron chi connectivity index (χ3n) is 2.53. The lowest BCUT2D eigenvalue weighted by atomic mass is 10.00. The van der Waals surface area contributed by atoms with Gasteiger partial charge in [0.05, 0.1) is 6.10 Å². The SMILES string of the molecule is CCCOC1[C@H](OC)OC(C)[C@H](O)[C@@H]1O. The van der Waals surface area contributed by atoms with Crippen molar-refractivity contribution in [3.8, 4) is 0 Å². The number of hydrogen-bond acceptors (Lipinski definition) is 5. The van der Waals surface area contributed by atoms with Gasteiger partial charge in [-0.2, -0.15) is 0 Å². The molecule has 5 nitrogen and oxygen atoms in total. The van der Waals surface area contributed by atoms with Crippen LogP contribution in [0.5, 0.6) is 0 Å². The number of ether oxygens (including phenoxy) is 3. The zero-order chi connectivity index (χ0) is 11.4. The van der Waals surface area contributed by atoms with Crippen LogP contribution in [0, 0.1) is 0 Å². The Bertz CT molecular complexity index is 185. The van der Waals surface area contributed by atoms with Crippen molar-refractivity contribution in [2.24, 2.45) is 0 Å². The summed E-state index contributed by atoms with van der Waals surface area (Å²) in [4.78, 5) is 0. The molecule has 5 atom stereocenters. The molecule has 0 bridgehead atoms. The predicted octanol–water partition coefficient (Wildman–Crippen LogP) is -0.105. The van der Waals surface area contributed by atoms with E-state index in [0.717, 1.165) is 6.42 Å². The molecule has 0 aromatic carbocycles. The van der Waals surface area contributed by atoms with Crippen LogP contribution in [0.1, 0.15) is 20.3 Å². The molecule has 1 fully saturated rings. The van der Waals surface area contributed by atoms with E-state index in [-0.39, 0.29) is 0 Å². The third kappa shape index (κ3) is 2.89. The molecule has 0 saturated carbocycles. The molecule has 2 N–H and O–H groups in total. The Hall–Kier alpha value is -0.200. The first-order valence-corrected chi connectivity index (χ1v) is 5.27. The lowest BCUT2D eigenvalue weighted by Crippen LogP contribution is -2.58. The largest absolute Gasteiger partial charge is 0.388 e. The molecule has 1 rings (SSSR count). The molecule has 0 aliphatic carbocycles. The minimum absolute atomic E-state index is 0.452. The van der Waals surface area contributed by atoms with Crippen LogP contribution < -0.4 is 0 Å². The van der Waals surface area contributed by atoms with E-state index in [0.29, 0.717) is 6.61 Å². The molecule has 0 amide bonds. The van der Waals surface area contributed by atoms with Crippen LogP contribution in [-0.2, 0) is 14.2 Å². The van der Waals surface area contributed by atoms with Gasteiger partial charge in [-0.05, 0) is 13.3 Å². The van der Waals surface area contributed by atoms with Crippen molar-refractivity contribution in [2.75, 3.05) is 13.7 Å². The molecule has 15 heavy (non-hydrogen) atoms. The Balaban J connectivity index is 2.62. The molecule has 90 valence electrons. The summed E-state index contributed by atoms with van der Waals surface area (Å²) in [5, 5.41) is 19.4. The first-order chi connectivity index (χ1) is 7.11. The first-order valence-electron chi connectivity index (χ1n) is 5.27. The van der Waals surface area contributed by atoms with Crippen molar-refractivity contribution in [3.63, 3.8) is 0 Å². The fourth-order valence-corrected chi connectivity index (χ4v) is 1.62. The molecule has 0 spiro atoms. The average Bonchev–Trinajstić information content (AvgIpc) is 2.24. The van der Waals surface area contributed by atoms with E-state index in [1.54, 1.807) is 6.92 Å². The number of rotatable bonds is 4. The van der Waals surface area contributed by atoms with Gasteiger partial charge in [-0.1, -0.05) is 6.92 Å². The molecular weight excluding hydrogens is 200 g/mol.